The summed E-state index contributed by atoms with van der Waals surface area (Å²) < 4.78 is 18.4. The maximum absolute atomic E-state index is 13.2. The third-order valence-corrected chi connectivity index (χ3v) is 3.29. The second-order valence-electron chi connectivity index (χ2n) is 4.39. The second-order valence-corrected chi connectivity index (χ2v) is 4.79. The summed E-state index contributed by atoms with van der Waals surface area (Å²) in [4.78, 5) is 11.9. The molecule has 1 fully saturated rings. The molecule has 0 aromatic heterocycles. The van der Waals surface area contributed by atoms with Crippen molar-refractivity contribution in [3.63, 3.8) is 0 Å². The molecule has 17 heavy (non-hydrogen) atoms. The van der Waals surface area contributed by atoms with E-state index >= 15 is 0 Å². The van der Waals surface area contributed by atoms with Crippen LogP contribution in [0.15, 0.2) is 18.2 Å². The van der Waals surface area contributed by atoms with Crippen molar-refractivity contribution >= 4 is 17.4 Å². The van der Waals surface area contributed by atoms with Gasteiger partial charge in [0.25, 0.3) is 0 Å². The number of carbonyl (C=O) groups is 1. The van der Waals surface area contributed by atoms with Crippen molar-refractivity contribution in [2.75, 3.05) is 7.11 Å². The Morgan fingerprint density at radius 3 is 2.82 bits per heavy atom. The van der Waals surface area contributed by atoms with Crippen molar-refractivity contribution in [1.29, 1.82) is 0 Å². The average Bonchev–Trinajstić information content (AvgIpc) is 3.09. The van der Waals surface area contributed by atoms with Crippen molar-refractivity contribution in [3.8, 4) is 0 Å². The van der Waals surface area contributed by atoms with Crippen LogP contribution in [-0.2, 0) is 16.0 Å². The molecular weight excluding hydrogens is 243 g/mol. The third kappa shape index (κ3) is 3.05. The topological polar surface area (TPSA) is 26.3 Å². The molecular formula is C13H14ClFO2. The van der Waals surface area contributed by atoms with Gasteiger partial charge in [0.15, 0.2) is 5.78 Å². The van der Waals surface area contributed by atoms with Crippen molar-refractivity contribution in [3.05, 3.63) is 34.6 Å². The third-order valence-electron chi connectivity index (χ3n) is 2.98. The highest BCUT2D eigenvalue weighted by Gasteiger charge is 2.35. The van der Waals surface area contributed by atoms with Gasteiger partial charge < -0.3 is 4.74 Å². The molecule has 2 nitrogen and oxygen atoms in total. The van der Waals surface area contributed by atoms with E-state index in [2.05, 4.69) is 0 Å². The van der Waals surface area contributed by atoms with Gasteiger partial charge >= 0.3 is 0 Å². The molecule has 2 rings (SSSR count). The lowest BCUT2D eigenvalue weighted by Crippen LogP contribution is -2.26. The van der Waals surface area contributed by atoms with Gasteiger partial charge in [0, 0.05) is 13.5 Å². The Kier molecular flexibility index (Phi) is 3.79. The Morgan fingerprint density at radius 2 is 2.29 bits per heavy atom. The molecule has 1 atom stereocenters. The fraction of sp³-hybridized carbons (Fsp3) is 0.462. The maximum Gasteiger partial charge on any atom is 0.166 e. The molecule has 92 valence electrons. The van der Waals surface area contributed by atoms with E-state index in [-0.39, 0.29) is 23.3 Å². The molecule has 4 heteroatoms. The van der Waals surface area contributed by atoms with Crippen LogP contribution in [0.2, 0.25) is 5.02 Å². The lowest BCUT2D eigenvalue weighted by molar-refractivity contribution is -0.129. The van der Waals surface area contributed by atoms with E-state index in [9.17, 15) is 9.18 Å². The monoisotopic (exact) mass is 256 g/mol. The van der Waals surface area contributed by atoms with E-state index in [4.69, 9.17) is 16.3 Å². The Balaban J connectivity index is 2.04. The number of halogens is 2. The molecule has 0 aliphatic heterocycles. The molecule has 0 spiro atoms. The van der Waals surface area contributed by atoms with Crippen LogP contribution in [-0.4, -0.2) is 19.0 Å². The first-order valence-corrected chi connectivity index (χ1v) is 5.99. The minimum Gasteiger partial charge on any atom is -0.373 e. The molecule has 0 radical (unpaired) electrons. The zero-order valence-electron chi connectivity index (χ0n) is 9.58. The minimum absolute atomic E-state index is 0.0109. The number of carbonyl (C=O) groups excluding carboxylic acids is 1. The number of benzene rings is 1. The highest BCUT2D eigenvalue weighted by Crippen LogP contribution is 2.35. The standard InChI is InChI=1S/C13H14ClFO2/c1-17-13(9-3-4-9)12(16)7-8-2-5-10(14)11(15)6-8/h2,5-6,9,13H,3-4,7H2,1H3. The smallest absolute Gasteiger partial charge is 0.166 e. The molecule has 0 heterocycles. The predicted octanol–water partition coefficient (Wildman–Crippen LogP) is 3.02. The number of methoxy groups -OCH3 is 1. The van der Waals surface area contributed by atoms with Gasteiger partial charge in [-0.05, 0) is 36.5 Å². The minimum atomic E-state index is -0.489. The average molecular weight is 257 g/mol. The summed E-state index contributed by atoms with van der Waals surface area (Å²) in [5.74, 6) is -0.126. The zero-order chi connectivity index (χ0) is 12.4. The number of hydrogen-bond donors (Lipinski definition) is 0. The summed E-state index contributed by atoms with van der Waals surface area (Å²) >= 11 is 5.58. The van der Waals surface area contributed by atoms with Crippen LogP contribution < -0.4 is 0 Å². The molecule has 1 unspecified atom stereocenters. The van der Waals surface area contributed by atoms with Crippen LogP contribution in [0.1, 0.15) is 18.4 Å². The Morgan fingerprint density at radius 1 is 1.59 bits per heavy atom. The van der Waals surface area contributed by atoms with Crippen LogP contribution in [0.4, 0.5) is 4.39 Å². The van der Waals surface area contributed by atoms with Gasteiger partial charge in [0.2, 0.25) is 0 Å². The summed E-state index contributed by atoms with van der Waals surface area (Å²) in [5.41, 5.74) is 0.639. The van der Waals surface area contributed by atoms with Gasteiger partial charge in [-0.1, -0.05) is 17.7 Å². The van der Waals surface area contributed by atoms with Gasteiger partial charge in [-0.3, -0.25) is 4.79 Å². The number of rotatable bonds is 5. The summed E-state index contributed by atoms with van der Waals surface area (Å²) in [6, 6.07) is 4.45. The fourth-order valence-corrected chi connectivity index (χ4v) is 2.05. The highest BCUT2D eigenvalue weighted by molar-refractivity contribution is 6.30. The number of ketones is 1. The molecule has 1 aliphatic rings. The van der Waals surface area contributed by atoms with Gasteiger partial charge in [-0.2, -0.15) is 0 Å². The van der Waals surface area contributed by atoms with Crippen LogP contribution in [0.25, 0.3) is 0 Å². The quantitative estimate of drug-likeness (QED) is 0.810. The number of Topliss-reactive ketones (excluding diaryl/α,β-unsaturated/α-hetero) is 1. The Bertz CT molecular complexity index is 429. The first kappa shape index (κ1) is 12.5. The van der Waals surface area contributed by atoms with Crippen LogP contribution >= 0.6 is 11.6 Å². The molecule has 1 aromatic rings. The summed E-state index contributed by atoms with van der Waals surface area (Å²) in [6.07, 6.45) is 1.94. The maximum atomic E-state index is 13.2. The SMILES string of the molecule is COC(C(=O)Cc1ccc(Cl)c(F)c1)C1CC1. The molecule has 1 saturated carbocycles. The summed E-state index contributed by atoms with van der Waals surface area (Å²) in [5, 5.41) is 0.0756. The van der Waals surface area contributed by atoms with Gasteiger partial charge in [0.05, 0.1) is 5.02 Å². The Labute approximate surface area is 105 Å². The van der Waals surface area contributed by atoms with Crippen molar-refractivity contribution < 1.29 is 13.9 Å². The van der Waals surface area contributed by atoms with E-state index in [0.717, 1.165) is 12.8 Å². The van der Waals surface area contributed by atoms with Gasteiger partial charge in [-0.25, -0.2) is 4.39 Å². The second kappa shape index (κ2) is 5.15. The van der Waals surface area contributed by atoms with E-state index in [1.807, 2.05) is 0 Å². The van der Waals surface area contributed by atoms with E-state index < -0.39 is 5.82 Å². The van der Waals surface area contributed by atoms with Gasteiger partial charge in [0.1, 0.15) is 11.9 Å². The first-order chi connectivity index (χ1) is 8.11. The zero-order valence-corrected chi connectivity index (χ0v) is 10.3. The molecule has 1 aliphatic carbocycles. The van der Waals surface area contributed by atoms with Crippen LogP contribution in [0, 0.1) is 11.7 Å². The lowest BCUT2D eigenvalue weighted by atomic mass is 10.0. The van der Waals surface area contributed by atoms with Gasteiger partial charge in [-0.15, -0.1) is 0 Å². The molecule has 0 saturated heterocycles. The van der Waals surface area contributed by atoms with Crippen molar-refractivity contribution in [2.24, 2.45) is 5.92 Å². The molecule has 0 N–H and O–H groups in total. The first-order valence-electron chi connectivity index (χ1n) is 5.61. The summed E-state index contributed by atoms with van der Waals surface area (Å²) in [7, 11) is 1.54. The predicted molar refractivity (Wildman–Crippen MR) is 63.6 cm³/mol. The van der Waals surface area contributed by atoms with Crippen molar-refractivity contribution in [2.45, 2.75) is 25.4 Å². The van der Waals surface area contributed by atoms with E-state index in [0.29, 0.717) is 11.5 Å². The largest absolute Gasteiger partial charge is 0.373 e. The number of hydrogen-bond acceptors (Lipinski definition) is 2. The highest BCUT2D eigenvalue weighted by atomic mass is 35.5. The van der Waals surface area contributed by atoms with Crippen molar-refractivity contribution in [1.82, 2.24) is 0 Å². The fourth-order valence-electron chi connectivity index (χ4n) is 1.94. The lowest BCUT2D eigenvalue weighted by Gasteiger charge is -2.13. The molecule has 0 amide bonds. The molecule has 1 aromatic carbocycles. The van der Waals surface area contributed by atoms with E-state index in [1.54, 1.807) is 13.2 Å². The summed E-state index contributed by atoms with van der Waals surface area (Å²) in [6.45, 7) is 0. The van der Waals surface area contributed by atoms with Crippen LogP contribution in [0.3, 0.4) is 0 Å². The van der Waals surface area contributed by atoms with E-state index in [1.165, 1.54) is 12.1 Å². The Hall–Kier alpha value is -0.930. The van der Waals surface area contributed by atoms with Crippen LogP contribution in [0.5, 0.6) is 0 Å². The normalized spacial score (nSPS) is 16.9. The number of ether oxygens (including phenoxy) is 1. The molecule has 0 bridgehead atoms.